The number of hydrogen-bond donors (Lipinski definition) is 2. The summed E-state index contributed by atoms with van der Waals surface area (Å²) >= 11 is 6.10. The average Bonchev–Trinajstić information content (AvgIpc) is 2.80. The molecule has 1 unspecified atom stereocenters. The van der Waals surface area contributed by atoms with Crippen LogP contribution in [-0.2, 0) is 4.79 Å². The SMILES string of the molecule is N[C@@H]1CCN(C(c2cccc(O)c2)c2cccc(Cl)c2)C1=O. The number of aromatic hydroxyl groups is 1. The molecule has 0 aliphatic carbocycles. The van der Waals surface area contributed by atoms with E-state index < -0.39 is 6.04 Å². The third-order valence-corrected chi connectivity index (χ3v) is 4.18. The zero-order valence-electron chi connectivity index (χ0n) is 11.9. The molecule has 1 aliphatic rings. The van der Waals surface area contributed by atoms with Crippen molar-refractivity contribution < 1.29 is 9.90 Å². The van der Waals surface area contributed by atoms with E-state index in [2.05, 4.69) is 0 Å². The number of hydrogen-bond acceptors (Lipinski definition) is 3. The number of phenols is 1. The van der Waals surface area contributed by atoms with Crippen LogP contribution in [0.1, 0.15) is 23.6 Å². The van der Waals surface area contributed by atoms with Gasteiger partial charge >= 0.3 is 0 Å². The topological polar surface area (TPSA) is 66.6 Å². The van der Waals surface area contributed by atoms with E-state index in [9.17, 15) is 9.90 Å². The van der Waals surface area contributed by atoms with Crippen LogP contribution in [0.25, 0.3) is 0 Å². The van der Waals surface area contributed by atoms with Gasteiger partial charge < -0.3 is 15.7 Å². The van der Waals surface area contributed by atoms with Crippen molar-refractivity contribution in [2.24, 2.45) is 5.73 Å². The highest BCUT2D eigenvalue weighted by molar-refractivity contribution is 6.30. The van der Waals surface area contributed by atoms with Gasteiger partial charge in [-0.15, -0.1) is 0 Å². The third kappa shape index (κ3) is 2.80. The molecule has 2 aromatic carbocycles. The molecule has 1 heterocycles. The third-order valence-electron chi connectivity index (χ3n) is 3.94. The number of likely N-dealkylation sites (tertiary alicyclic amines) is 1. The van der Waals surface area contributed by atoms with Crippen LogP contribution in [0.2, 0.25) is 5.02 Å². The quantitative estimate of drug-likeness (QED) is 0.915. The smallest absolute Gasteiger partial charge is 0.240 e. The molecule has 0 saturated carbocycles. The number of nitrogens with two attached hydrogens (primary N) is 1. The summed E-state index contributed by atoms with van der Waals surface area (Å²) in [7, 11) is 0. The molecule has 0 aromatic heterocycles. The molecule has 4 nitrogen and oxygen atoms in total. The maximum atomic E-state index is 12.4. The Morgan fingerprint density at radius 2 is 1.86 bits per heavy atom. The normalized spacial score (nSPS) is 19.5. The first kappa shape index (κ1) is 14.9. The second kappa shape index (κ2) is 5.99. The van der Waals surface area contributed by atoms with Crippen LogP contribution in [-0.4, -0.2) is 28.5 Å². The summed E-state index contributed by atoms with van der Waals surface area (Å²) in [6, 6.07) is 13.6. The van der Waals surface area contributed by atoms with E-state index in [0.717, 1.165) is 11.1 Å². The number of nitrogens with zero attached hydrogens (tertiary/aromatic N) is 1. The summed E-state index contributed by atoms with van der Waals surface area (Å²) in [4.78, 5) is 14.1. The Morgan fingerprint density at radius 1 is 1.18 bits per heavy atom. The summed E-state index contributed by atoms with van der Waals surface area (Å²) in [5.41, 5.74) is 7.60. The summed E-state index contributed by atoms with van der Waals surface area (Å²) in [6.07, 6.45) is 0.634. The van der Waals surface area contributed by atoms with E-state index in [4.69, 9.17) is 17.3 Å². The Balaban J connectivity index is 2.08. The molecule has 2 atom stereocenters. The fraction of sp³-hybridized carbons (Fsp3) is 0.235. The number of amides is 1. The van der Waals surface area contributed by atoms with E-state index in [1.54, 1.807) is 29.2 Å². The Hall–Kier alpha value is -2.04. The number of carbonyl (C=O) groups is 1. The fourth-order valence-electron chi connectivity index (χ4n) is 2.91. The first-order chi connectivity index (χ1) is 10.6. The van der Waals surface area contributed by atoms with Crippen molar-refractivity contribution in [2.75, 3.05) is 6.54 Å². The van der Waals surface area contributed by atoms with Crippen LogP contribution < -0.4 is 5.73 Å². The Morgan fingerprint density at radius 3 is 2.45 bits per heavy atom. The molecule has 1 aliphatic heterocycles. The van der Waals surface area contributed by atoms with Crippen molar-refractivity contribution in [3.63, 3.8) is 0 Å². The van der Waals surface area contributed by atoms with E-state index in [1.807, 2.05) is 24.3 Å². The van der Waals surface area contributed by atoms with Crippen LogP contribution >= 0.6 is 11.6 Å². The van der Waals surface area contributed by atoms with Gasteiger partial charge in [-0.3, -0.25) is 4.79 Å². The maximum absolute atomic E-state index is 12.4. The van der Waals surface area contributed by atoms with Gasteiger partial charge in [0.1, 0.15) is 5.75 Å². The number of halogens is 1. The largest absolute Gasteiger partial charge is 0.508 e. The van der Waals surface area contributed by atoms with Crippen molar-refractivity contribution in [1.82, 2.24) is 4.90 Å². The number of phenolic OH excluding ortho intramolecular Hbond substituents is 1. The molecule has 1 amide bonds. The van der Waals surface area contributed by atoms with Crippen LogP contribution in [0.4, 0.5) is 0 Å². The van der Waals surface area contributed by atoms with Gasteiger partial charge in [0.05, 0.1) is 12.1 Å². The van der Waals surface area contributed by atoms with Crippen molar-refractivity contribution in [2.45, 2.75) is 18.5 Å². The average molecular weight is 317 g/mol. The minimum Gasteiger partial charge on any atom is -0.508 e. The van der Waals surface area contributed by atoms with Crippen molar-refractivity contribution >= 4 is 17.5 Å². The molecule has 5 heteroatoms. The van der Waals surface area contributed by atoms with Gasteiger partial charge in [0.2, 0.25) is 5.91 Å². The molecule has 114 valence electrons. The fourth-order valence-corrected chi connectivity index (χ4v) is 3.10. The molecule has 0 bridgehead atoms. The highest BCUT2D eigenvalue weighted by Crippen LogP contribution is 2.34. The van der Waals surface area contributed by atoms with Crippen LogP contribution in [0.3, 0.4) is 0 Å². The molecule has 3 rings (SSSR count). The van der Waals surface area contributed by atoms with Crippen LogP contribution in [0.15, 0.2) is 48.5 Å². The summed E-state index contributed by atoms with van der Waals surface area (Å²) in [5, 5.41) is 10.4. The lowest BCUT2D eigenvalue weighted by Gasteiger charge is -2.29. The van der Waals surface area contributed by atoms with Crippen LogP contribution in [0.5, 0.6) is 5.75 Å². The second-order valence-electron chi connectivity index (χ2n) is 5.48. The first-order valence-electron chi connectivity index (χ1n) is 7.17. The highest BCUT2D eigenvalue weighted by Gasteiger charge is 2.35. The zero-order chi connectivity index (χ0) is 15.7. The summed E-state index contributed by atoms with van der Waals surface area (Å²) < 4.78 is 0. The molecule has 2 aromatic rings. The first-order valence-corrected chi connectivity index (χ1v) is 7.54. The monoisotopic (exact) mass is 316 g/mol. The van der Waals surface area contributed by atoms with Gasteiger partial charge in [-0.2, -0.15) is 0 Å². The number of rotatable bonds is 3. The highest BCUT2D eigenvalue weighted by atomic mass is 35.5. The van der Waals surface area contributed by atoms with Crippen LogP contribution in [0, 0.1) is 0 Å². The van der Waals surface area contributed by atoms with E-state index in [-0.39, 0.29) is 17.7 Å². The minimum atomic E-state index is -0.459. The molecular weight excluding hydrogens is 300 g/mol. The molecule has 0 spiro atoms. The number of carbonyl (C=O) groups excluding carboxylic acids is 1. The summed E-state index contributed by atoms with van der Waals surface area (Å²) in [5.74, 6) is 0.0915. The van der Waals surface area contributed by atoms with Crippen molar-refractivity contribution in [3.8, 4) is 5.75 Å². The minimum absolute atomic E-state index is 0.0756. The van der Waals surface area contributed by atoms with Gasteiger partial charge in [0.15, 0.2) is 0 Å². The van der Waals surface area contributed by atoms with Gasteiger partial charge in [-0.05, 0) is 41.8 Å². The molecule has 0 radical (unpaired) electrons. The summed E-state index contributed by atoms with van der Waals surface area (Å²) in [6.45, 7) is 0.590. The van der Waals surface area contributed by atoms with Gasteiger partial charge in [-0.1, -0.05) is 35.9 Å². The van der Waals surface area contributed by atoms with Crippen molar-refractivity contribution in [1.29, 1.82) is 0 Å². The Kier molecular flexibility index (Phi) is 4.05. The molecular formula is C17H17ClN2O2. The van der Waals surface area contributed by atoms with E-state index in [0.29, 0.717) is 18.0 Å². The predicted octanol–water partition coefficient (Wildman–Crippen LogP) is 2.69. The number of benzene rings is 2. The van der Waals surface area contributed by atoms with Gasteiger partial charge in [0, 0.05) is 11.6 Å². The maximum Gasteiger partial charge on any atom is 0.240 e. The second-order valence-corrected chi connectivity index (χ2v) is 5.92. The van der Waals surface area contributed by atoms with Gasteiger partial charge in [0.25, 0.3) is 0 Å². The molecule has 1 fully saturated rings. The zero-order valence-corrected chi connectivity index (χ0v) is 12.7. The molecule has 3 N–H and O–H groups in total. The van der Waals surface area contributed by atoms with Crippen molar-refractivity contribution in [3.05, 3.63) is 64.7 Å². The predicted molar refractivity (Wildman–Crippen MR) is 85.7 cm³/mol. The lowest BCUT2D eigenvalue weighted by molar-refractivity contribution is -0.130. The standard InChI is InChI=1S/C17H17ClN2O2/c18-13-5-1-3-11(9-13)16(12-4-2-6-14(21)10-12)20-8-7-15(19)17(20)22/h1-6,9-10,15-16,21H,7-8,19H2/t15-,16?/m1/s1. The lowest BCUT2D eigenvalue weighted by atomic mass is 9.97. The Bertz CT molecular complexity index is 659. The Labute approximate surface area is 134 Å². The molecule has 22 heavy (non-hydrogen) atoms. The van der Waals surface area contributed by atoms with E-state index in [1.165, 1.54) is 0 Å². The molecule has 1 saturated heterocycles. The van der Waals surface area contributed by atoms with E-state index >= 15 is 0 Å². The lowest BCUT2D eigenvalue weighted by Crippen LogP contribution is -2.37. The van der Waals surface area contributed by atoms with Gasteiger partial charge in [-0.25, -0.2) is 0 Å².